The summed E-state index contributed by atoms with van der Waals surface area (Å²) in [4.78, 5) is 4.26. The van der Waals surface area contributed by atoms with Crippen LogP contribution in [0.1, 0.15) is 49.4 Å². The number of H-pyrrole nitrogens is 1. The Labute approximate surface area is 123 Å². The average molecular weight is 292 g/mol. The molecule has 0 bridgehead atoms. The van der Waals surface area contributed by atoms with E-state index in [0.29, 0.717) is 11.4 Å². The Hall–Kier alpha value is -1.39. The Bertz CT molecular complexity index is 572. The second-order valence-electron chi connectivity index (χ2n) is 5.43. The fourth-order valence-electron chi connectivity index (χ4n) is 3.21. The number of aromatic amines is 1. The molecule has 0 amide bonds. The lowest BCUT2D eigenvalue weighted by molar-refractivity contribution is -0.00231. The van der Waals surface area contributed by atoms with Gasteiger partial charge in [0.2, 0.25) is 0 Å². The van der Waals surface area contributed by atoms with Crippen LogP contribution < -0.4 is 0 Å². The van der Waals surface area contributed by atoms with Crippen LogP contribution in [0.15, 0.2) is 30.6 Å². The molecule has 1 aromatic carbocycles. The van der Waals surface area contributed by atoms with Gasteiger partial charge in [0.25, 0.3) is 0 Å². The first-order valence-corrected chi connectivity index (χ1v) is 7.42. The minimum atomic E-state index is -0.978. The van der Waals surface area contributed by atoms with Crippen LogP contribution in [0.5, 0.6) is 0 Å². The number of halogens is 1. The highest BCUT2D eigenvalue weighted by atomic mass is 35.5. The first kappa shape index (κ1) is 13.6. The molecule has 0 radical (unpaired) electrons. The Balaban J connectivity index is 2.08. The fourth-order valence-corrected chi connectivity index (χ4v) is 3.51. The van der Waals surface area contributed by atoms with E-state index in [1.165, 1.54) is 6.33 Å². The van der Waals surface area contributed by atoms with Crippen LogP contribution in [0.25, 0.3) is 0 Å². The van der Waals surface area contributed by atoms with E-state index in [1.807, 2.05) is 24.3 Å². The van der Waals surface area contributed by atoms with Gasteiger partial charge in [0.1, 0.15) is 17.8 Å². The van der Waals surface area contributed by atoms with E-state index < -0.39 is 5.60 Å². The molecule has 2 N–H and O–H groups in total. The van der Waals surface area contributed by atoms with Gasteiger partial charge >= 0.3 is 0 Å². The highest BCUT2D eigenvalue weighted by molar-refractivity contribution is 6.31. The van der Waals surface area contributed by atoms with Crippen molar-refractivity contribution in [2.24, 2.45) is 0 Å². The van der Waals surface area contributed by atoms with Gasteiger partial charge in [-0.25, -0.2) is 4.98 Å². The average Bonchev–Trinajstić information content (AvgIpc) is 2.90. The van der Waals surface area contributed by atoms with Crippen LogP contribution in [0, 0.1) is 0 Å². The lowest BCUT2D eigenvalue weighted by Gasteiger charge is -2.34. The van der Waals surface area contributed by atoms with E-state index >= 15 is 0 Å². The summed E-state index contributed by atoms with van der Waals surface area (Å²) in [6.07, 6.45) is 6.27. The first-order chi connectivity index (χ1) is 9.72. The molecule has 1 aliphatic carbocycles. The summed E-state index contributed by atoms with van der Waals surface area (Å²) in [6.45, 7) is 0. The number of aliphatic hydroxyl groups is 1. The highest BCUT2D eigenvalue weighted by Gasteiger charge is 2.42. The van der Waals surface area contributed by atoms with Crippen molar-refractivity contribution in [2.45, 2.75) is 43.6 Å². The molecular formula is C15H18ClN3O. The topological polar surface area (TPSA) is 61.8 Å². The van der Waals surface area contributed by atoms with Crippen LogP contribution in [0.2, 0.25) is 5.02 Å². The van der Waals surface area contributed by atoms with Crippen molar-refractivity contribution in [1.82, 2.24) is 15.2 Å². The monoisotopic (exact) mass is 291 g/mol. The molecule has 2 atom stereocenters. The zero-order chi connectivity index (χ0) is 14.0. The van der Waals surface area contributed by atoms with E-state index in [1.54, 1.807) is 0 Å². The minimum absolute atomic E-state index is 0.0904. The van der Waals surface area contributed by atoms with Crippen molar-refractivity contribution in [3.63, 3.8) is 0 Å². The minimum Gasteiger partial charge on any atom is -0.384 e. The summed E-state index contributed by atoms with van der Waals surface area (Å²) in [5, 5.41) is 18.8. The number of hydrogen-bond donors (Lipinski definition) is 2. The van der Waals surface area contributed by atoms with E-state index in [0.717, 1.165) is 37.1 Å². The normalized spacial score (nSPS) is 27.2. The van der Waals surface area contributed by atoms with Crippen molar-refractivity contribution in [3.8, 4) is 0 Å². The lowest BCUT2D eigenvalue weighted by Crippen LogP contribution is -2.33. The molecule has 20 heavy (non-hydrogen) atoms. The second kappa shape index (κ2) is 5.54. The van der Waals surface area contributed by atoms with Gasteiger partial charge in [-0.3, -0.25) is 5.10 Å². The van der Waals surface area contributed by atoms with Crippen molar-refractivity contribution in [2.75, 3.05) is 0 Å². The van der Waals surface area contributed by atoms with Gasteiger partial charge < -0.3 is 5.11 Å². The third-order valence-corrected chi connectivity index (χ3v) is 4.56. The SMILES string of the molecule is OC1(c2ccccc2Cl)CCCCCC1c1ncn[nH]1. The summed E-state index contributed by atoms with van der Waals surface area (Å²) < 4.78 is 0. The maximum Gasteiger partial charge on any atom is 0.137 e. The highest BCUT2D eigenvalue weighted by Crippen LogP contribution is 2.46. The van der Waals surface area contributed by atoms with Gasteiger partial charge in [-0.2, -0.15) is 5.10 Å². The summed E-state index contributed by atoms with van der Waals surface area (Å²) in [6, 6.07) is 7.55. The van der Waals surface area contributed by atoms with Crippen LogP contribution in [-0.4, -0.2) is 20.3 Å². The van der Waals surface area contributed by atoms with Gasteiger partial charge in [-0.05, 0) is 18.9 Å². The van der Waals surface area contributed by atoms with E-state index in [2.05, 4.69) is 15.2 Å². The number of hydrogen-bond acceptors (Lipinski definition) is 3. The van der Waals surface area contributed by atoms with Crippen molar-refractivity contribution < 1.29 is 5.11 Å². The zero-order valence-electron chi connectivity index (χ0n) is 11.2. The summed E-state index contributed by atoms with van der Waals surface area (Å²) >= 11 is 6.32. The van der Waals surface area contributed by atoms with Gasteiger partial charge in [0.05, 0.1) is 5.92 Å². The fraction of sp³-hybridized carbons (Fsp3) is 0.467. The van der Waals surface area contributed by atoms with E-state index in [-0.39, 0.29) is 5.92 Å². The predicted octanol–water partition coefficient (Wildman–Crippen LogP) is 3.39. The van der Waals surface area contributed by atoms with Crippen LogP contribution >= 0.6 is 11.6 Å². The smallest absolute Gasteiger partial charge is 0.137 e. The molecular weight excluding hydrogens is 274 g/mol. The third kappa shape index (κ3) is 2.34. The molecule has 1 aliphatic rings. The van der Waals surface area contributed by atoms with Crippen molar-refractivity contribution in [3.05, 3.63) is 47.0 Å². The Morgan fingerprint density at radius 3 is 2.85 bits per heavy atom. The molecule has 1 aromatic heterocycles. The molecule has 106 valence electrons. The number of rotatable bonds is 2. The van der Waals surface area contributed by atoms with Crippen LogP contribution in [0.4, 0.5) is 0 Å². The molecule has 5 heteroatoms. The Morgan fingerprint density at radius 2 is 2.10 bits per heavy atom. The van der Waals surface area contributed by atoms with Crippen molar-refractivity contribution in [1.29, 1.82) is 0 Å². The summed E-state index contributed by atoms with van der Waals surface area (Å²) in [7, 11) is 0. The maximum absolute atomic E-state index is 11.4. The quantitative estimate of drug-likeness (QED) is 0.834. The second-order valence-corrected chi connectivity index (χ2v) is 5.83. The van der Waals surface area contributed by atoms with Gasteiger partial charge in [-0.15, -0.1) is 0 Å². The molecule has 1 saturated carbocycles. The molecule has 1 heterocycles. The van der Waals surface area contributed by atoms with E-state index in [9.17, 15) is 5.11 Å². The van der Waals surface area contributed by atoms with Crippen LogP contribution in [0.3, 0.4) is 0 Å². The van der Waals surface area contributed by atoms with Crippen molar-refractivity contribution >= 4 is 11.6 Å². The number of nitrogens with one attached hydrogen (secondary N) is 1. The zero-order valence-corrected chi connectivity index (χ0v) is 12.0. The third-order valence-electron chi connectivity index (χ3n) is 4.23. The lowest BCUT2D eigenvalue weighted by atomic mass is 9.77. The van der Waals surface area contributed by atoms with E-state index in [4.69, 9.17) is 11.6 Å². The largest absolute Gasteiger partial charge is 0.384 e. The molecule has 3 rings (SSSR count). The molecule has 0 aliphatic heterocycles. The number of aromatic nitrogens is 3. The molecule has 1 fully saturated rings. The standard InChI is InChI=1S/C15H18ClN3O/c16-13-8-4-3-6-11(13)15(20)9-5-1-2-7-12(15)14-17-10-18-19-14/h3-4,6,8,10,12,20H,1-2,5,7,9H2,(H,17,18,19). The molecule has 4 nitrogen and oxygen atoms in total. The maximum atomic E-state index is 11.4. The van der Waals surface area contributed by atoms with Gasteiger partial charge in [0, 0.05) is 10.6 Å². The molecule has 0 spiro atoms. The number of nitrogens with zero attached hydrogens (tertiary/aromatic N) is 2. The number of benzene rings is 1. The Kier molecular flexibility index (Phi) is 3.76. The Morgan fingerprint density at radius 1 is 1.25 bits per heavy atom. The molecule has 0 saturated heterocycles. The van der Waals surface area contributed by atoms with Gasteiger partial charge in [-0.1, -0.05) is 49.1 Å². The van der Waals surface area contributed by atoms with Crippen LogP contribution in [-0.2, 0) is 5.60 Å². The summed E-state index contributed by atoms with van der Waals surface area (Å²) in [5.41, 5.74) is -0.182. The van der Waals surface area contributed by atoms with Gasteiger partial charge in [0.15, 0.2) is 0 Å². The molecule has 2 unspecified atom stereocenters. The molecule has 2 aromatic rings. The first-order valence-electron chi connectivity index (χ1n) is 7.04. The summed E-state index contributed by atoms with van der Waals surface area (Å²) in [5.74, 6) is 0.654. The predicted molar refractivity (Wildman–Crippen MR) is 77.6 cm³/mol.